The first-order valence-corrected chi connectivity index (χ1v) is 21.8. The Kier molecular flexibility index (Phi) is 18.3. The van der Waals surface area contributed by atoms with Gasteiger partial charge in [0.25, 0.3) is 17.7 Å². The van der Waals surface area contributed by atoms with Gasteiger partial charge in [-0.25, -0.2) is 32.8 Å². The van der Waals surface area contributed by atoms with Crippen LogP contribution in [-0.2, 0) is 45.4 Å². The van der Waals surface area contributed by atoms with Gasteiger partial charge in [-0.05, 0) is 111 Å². The van der Waals surface area contributed by atoms with Gasteiger partial charge < -0.3 is 43.0 Å². The predicted octanol–water partition coefficient (Wildman–Crippen LogP) is 6.65. The number of carbonyl (C=O) groups excluding carboxylic acids is 3. The third kappa shape index (κ3) is 14.5. The van der Waals surface area contributed by atoms with Crippen molar-refractivity contribution in [2.45, 2.75) is 105 Å². The molecule has 0 spiro atoms. The second-order valence-electron chi connectivity index (χ2n) is 18.8. The Balaban J connectivity index is 0.000000203. The van der Waals surface area contributed by atoms with E-state index in [4.69, 9.17) is 48.8 Å². The van der Waals surface area contributed by atoms with Crippen LogP contribution < -0.4 is 46.5 Å². The number of fused-ring (bicyclic) bond motifs is 4. The summed E-state index contributed by atoms with van der Waals surface area (Å²) in [6, 6.07) is 11.1. The number of nitrogens with zero attached hydrogens (tertiary/aromatic N) is 1. The zero-order valence-electron chi connectivity index (χ0n) is 40.7. The Labute approximate surface area is 407 Å². The van der Waals surface area contributed by atoms with Crippen molar-refractivity contribution in [1.82, 2.24) is 26.7 Å². The van der Waals surface area contributed by atoms with Gasteiger partial charge >= 0.3 is 5.97 Å². The Morgan fingerprint density at radius 2 is 0.845 bits per heavy atom. The van der Waals surface area contributed by atoms with E-state index < -0.39 is 52.5 Å². The standard InChI is InChI=1S/C22H22F2N2O6.C13H17FN2O3.C9H7FO4.C4H12N2/c1-22(2,3)26(21(28)13-5-7-17-15(19(13)24)9-30-11-32-17)25-20(27)12-4-6-16-14(18(12)23)8-29-10-31-16;1-13(2,3)16-15-12(17)8-4-5-10-9(11(8)14)6-18-7-19-10;10-8-5(9(11)12)1-2-7-6(8)3-13-4-14-7;1-4(2,3)6-5/h4-7H,8-11H2,1-3H3,(H,25,27);4-5,16H,6-7H2,1-3H3,(H,15,17);1-2H,3-4H2,(H,11,12);6H,5H2,1-3H3. The smallest absolute Gasteiger partial charge is 0.338 e. The lowest BCUT2D eigenvalue weighted by Crippen LogP contribution is -2.56. The third-order valence-electron chi connectivity index (χ3n) is 10.00. The molecule has 23 heteroatoms. The number of carboxylic acid groups (broad SMARTS) is 1. The lowest BCUT2D eigenvalue weighted by atomic mass is 10.0. The summed E-state index contributed by atoms with van der Waals surface area (Å²) in [6.07, 6.45) is 0. The summed E-state index contributed by atoms with van der Waals surface area (Å²) in [5.41, 5.74) is 8.79. The summed E-state index contributed by atoms with van der Waals surface area (Å²) in [6.45, 7) is 16.8. The summed E-state index contributed by atoms with van der Waals surface area (Å²) < 4.78 is 98.2. The van der Waals surface area contributed by atoms with Gasteiger partial charge in [0.15, 0.2) is 27.2 Å². The summed E-state index contributed by atoms with van der Waals surface area (Å²) in [4.78, 5) is 48.6. The molecule has 7 N–H and O–H groups in total. The maximum atomic E-state index is 15.1. The van der Waals surface area contributed by atoms with Crippen molar-refractivity contribution in [3.05, 3.63) is 116 Å². The average Bonchev–Trinajstić information content (AvgIpc) is 3.33. The van der Waals surface area contributed by atoms with Crippen LogP contribution in [0, 0.1) is 23.3 Å². The molecular weight excluding hydrogens is 945 g/mol. The fourth-order valence-corrected chi connectivity index (χ4v) is 6.29. The quantitative estimate of drug-likeness (QED) is 0.0697. The highest BCUT2D eigenvalue weighted by Gasteiger charge is 2.34. The SMILES string of the molecule is CC(C)(C)N(NC(=O)c1ccc2c(c1F)COCO2)C(=O)c1ccc2c(c1F)COCO2.CC(C)(C)NN.CC(C)(C)NNC(=O)c1ccc2c(c1F)COCO2.O=C(O)c1ccc2c(c1F)COCO2. The summed E-state index contributed by atoms with van der Waals surface area (Å²) in [5.74, 6) is -0.0994. The fraction of sp³-hybridized carbons (Fsp3) is 0.417. The first kappa shape index (κ1) is 55.3. The predicted molar refractivity (Wildman–Crippen MR) is 245 cm³/mol. The maximum absolute atomic E-state index is 15.1. The van der Waals surface area contributed by atoms with Crippen LogP contribution in [0.3, 0.4) is 0 Å². The van der Waals surface area contributed by atoms with E-state index in [1.807, 2.05) is 41.5 Å². The molecule has 4 aliphatic rings. The molecule has 4 aliphatic heterocycles. The van der Waals surface area contributed by atoms with Crippen molar-refractivity contribution in [2.75, 3.05) is 27.2 Å². The van der Waals surface area contributed by atoms with Crippen LogP contribution in [0.5, 0.6) is 23.0 Å². The molecule has 0 radical (unpaired) electrons. The van der Waals surface area contributed by atoms with Gasteiger partial charge in [0.1, 0.15) is 46.3 Å². The Morgan fingerprint density at radius 3 is 1.18 bits per heavy atom. The van der Waals surface area contributed by atoms with Gasteiger partial charge in [0.2, 0.25) is 0 Å². The number of hydrogen-bond donors (Lipinski definition) is 6. The number of aromatic carboxylic acids is 1. The largest absolute Gasteiger partial charge is 0.478 e. The Morgan fingerprint density at radius 1 is 0.521 bits per heavy atom. The molecule has 3 amide bonds. The molecule has 0 bridgehead atoms. The van der Waals surface area contributed by atoms with Crippen LogP contribution in [0.4, 0.5) is 17.6 Å². The van der Waals surface area contributed by atoms with Gasteiger partial charge in [-0.3, -0.25) is 36.5 Å². The molecule has 19 nitrogen and oxygen atoms in total. The summed E-state index contributed by atoms with van der Waals surface area (Å²) >= 11 is 0. The molecule has 0 unspecified atom stereocenters. The van der Waals surface area contributed by atoms with E-state index in [0.29, 0.717) is 11.5 Å². The zero-order valence-corrected chi connectivity index (χ0v) is 40.7. The number of rotatable bonds is 5. The summed E-state index contributed by atoms with van der Waals surface area (Å²) in [5, 5.41) is 9.61. The van der Waals surface area contributed by atoms with E-state index in [9.17, 15) is 32.3 Å². The molecule has 0 saturated carbocycles. The van der Waals surface area contributed by atoms with Gasteiger partial charge in [0, 0.05) is 11.1 Å². The van der Waals surface area contributed by atoms with E-state index >= 15 is 4.39 Å². The number of halogens is 4. The van der Waals surface area contributed by atoms with Gasteiger partial charge in [-0.2, -0.15) is 0 Å². The molecule has 0 fully saturated rings. The van der Waals surface area contributed by atoms with Crippen LogP contribution >= 0.6 is 0 Å². The number of nitrogens with two attached hydrogens (primary N) is 1. The summed E-state index contributed by atoms with van der Waals surface area (Å²) in [7, 11) is 0. The van der Waals surface area contributed by atoms with Crippen molar-refractivity contribution < 1.29 is 79.7 Å². The number of benzene rings is 4. The average molecular weight is 1000 g/mol. The maximum Gasteiger partial charge on any atom is 0.338 e. The van der Waals surface area contributed by atoms with Crippen LogP contribution in [0.25, 0.3) is 0 Å². The number of carbonyl (C=O) groups is 4. The van der Waals surface area contributed by atoms with E-state index in [2.05, 4.69) is 21.7 Å². The van der Waals surface area contributed by atoms with Gasteiger partial charge in [-0.1, -0.05) is 0 Å². The first-order chi connectivity index (χ1) is 33.3. The number of hydrogen-bond acceptors (Lipinski definition) is 15. The highest BCUT2D eigenvalue weighted by Crippen LogP contribution is 2.32. The first-order valence-electron chi connectivity index (χ1n) is 21.8. The van der Waals surface area contributed by atoms with Gasteiger partial charge in [0.05, 0.1) is 76.5 Å². The minimum Gasteiger partial charge on any atom is -0.478 e. The van der Waals surface area contributed by atoms with Crippen LogP contribution in [0.15, 0.2) is 48.5 Å². The molecule has 0 atom stereocenters. The molecule has 0 aromatic heterocycles. The van der Waals surface area contributed by atoms with Crippen molar-refractivity contribution in [1.29, 1.82) is 0 Å². The Bertz CT molecular complexity index is 2600. The minimum atomic E-state index is -1.30. The molecule has 4 heterocycles. The zero-order chi connectivity index (χ0) is 52.4. The molecule has 0 saturated heterocycles. The minimum absolute atomic E-state index is 0.00723. The monoisotopic (exact) mass is 1000 g/mol. The number of amides is 3. The third-order valence-corrected chi connectivity index (χ3v) is 10.00. The number of nitrogens with one attached hydrogen (secondary N) is 4. The molecule has 8 rings (SSSR count). The van der Waals surface area contributed by atoms with E-state index in [0.717, 1.165) is 5.01 Å². The van der Waals surface area contributed by atoms with Crippen LogP contribution in [-0.4, -0.2) is 77.6 Å². The van der Waals surface area contributed by atoms with E-state index in [1.54, 1.807) is 26.8 Å². The van der Waals surface area contributed by atoms with Crippen molar-refractivity contribution in [2.24, 2.45) is 5.84 Å². The van der Waals surface area contributed by atoms with E-state index in [1.165, 1.54) is 42.5 Å². The fourth-order valence-electron chi connectivity index (χ4n) is 6.29. The number of hydrazine groups is 3. The lowest BCUT2D eigenvalue weighted by molar-refractivity contribution is -0.0186. The highest BCUT2D eigenvalue weighted by molar-refractivity contribution is 6.00. The molecular formula is C48H58F4N6O13. The highest BCUT2D eigenvalue weighted by atomic mass is 19.1. The van der Waals surface area contributed by atoms with Gasteiger partial charge in [-0.15, -0.1) is 0 Å². The van der Waals surface area contributed by atoms with Crippen molar-refractivity contribution in [3.63, 3.8) is 0 Å². The van der Waals surface area contributed by atoms with Crippen molar-refractivity contribution in [3.8, 4) is 23.0 Å². The van der Waals surface area contributed by atoms with Crippen LogP contribution in [0.2, 0.25) is 0 Å². The Hall–Kier alpha value is -6.60. The van der Waals surface area contributed by atoms with Crippen LogP contribution in [0.1, 0.15) is 126 Å². The normalized spacial score (nSPS) is 14.5. The molecule has 4 aromatic carbocycles. The molecule has 71 heavy (non-hydrogen) atoms. The number of carboxylic acids is 1. The second-order valence-corrected chi connectivity index (χ2v) is 18.8. The molecule has 0 aliphatic carbocycles. The van der Waals surface area contributed by atoms with Crippen molar-refractivity contribution >= 4 is 23.7 Å². The number of ether oxygens (including phenoxy) is 8. The molecule has 4 aromatic rings. The second kappa shape index (κ2) is 23.5. The lowest BCUT2D eigenvalue weighted by Gasteiger charge is -2.36. The topological polar surface area (TPSA) is 240 Å². The van der Waals surface area contributed by atoms with E-state index in [-0.39, 0.29) is 121 Å². The molecule has 386 valence electrons.